The lowest BCUT2D eigenvalue weighted by molar-refractivity contribution is 0.290. The summed E-state index contributed by atoms with van der Waals surface area (Å²) in [7, 11) is 0. The lowest BCUT2D eigenvalue weighted by Crippen LogP contribution is -2.22. The maximum absolute atomic E-state index is 11.7. The maximum atomic E-state index is 11.7. The molecule has 1 saturated heterocycles. The summed E-state index contributed by atoms with van der Waals surface area (Å²) in [5, 5.41) is 0. The zero-order chi connectivity index (χ0) is 6.69. The van der Waals surface area contributed by atoms with Crippen LogP contribution in [0.2, 0.25) is 0 Å². The van der Waals surface area contributed by atoms with E-state index in [0.29, 0.717) is 6.54 Å². The number of nitrogens with zero attached hydrogens (tertiary/aromatic N) is 1. The molecule has 0 aromatic heterocycles. The maximum Gasteiger partial charge on any atom is 0.102 e. The molecule has 0 spiro atoms. The molecule has 1 rings (SSSR count). The third-order valence-electron chi connectivity index (χ3n) is 1.91. The molecule has 9 heavy (non-hydrogen) atoms. The van der Waals surface area contributed by atoms with Gasteiger partial charge in [-0.15, -0.1) is 0 Å². The summed E-state index contributed by atoms with van der Waals surface area (Å²) in [6, 6.07) is 0. The van der Waals surface area contributed by atoms with Gasteiger partial charge in [0, 0.05) is 13.1 Å². The Morgan fingerprint density at radius 3 is 2.89 bits per heavy atom. The van der Waals surface area contributed by atoms with Crippen molar-refractivity contribution >= 4 is 0 Å². The fraction of sp³-hybridized carbons (Fsp3) is 1.00. The van der Waals surface area contributed by atoms with E-state index < -0.39 is 0 Å². The third-order valence-corrected chi connectivity index (χ3v) is 1.91. The lowest BCUT2D eigenvalue weighted by atomic mass is 10.2. The van der Waals surface area contributed by atoms with Gasteiger partial charge in [0.2, 0.25) is 0 Å². The van der Waals surface area contributed by atoms with E-state index in [1.807, 2.05) is 0 Å². The van der Waals surface area contributed by atoms with Gasteiger partial charge in [-0.1, -0.05) is 6.92 Å². The van der Waals surface area contributed by atoms with Gasteiger partial charge in [0.1, 0.15) is 6.67 Å². The van der Waals surface area contributed by atoms with Gasteiger partial charge >= 0.3 is 0 Å². The summed E-state index contributed by atoms with van der Waals surface area (Å²) in [5.41, 5.74) is 0. The van der Waals surface area contributed by atoms with Crippen LogP contribution in [0.25, 0.3) is 0 Å². The van der Waals surface area contributed by atoms with Gasteiger partial charge in [-0.05, 0) is 18.9 Å². The minimum absolute atomic E-state index is 0.188. The first-order chi connectivity index (χ1) is 4.33. The van der Waals surface area contributed by atoms with E-state index in [2.05, 4.69) is 11.8 Å². The largest absolute Gasteiger partial charge is 0.300 e. The van der Waals surface area contributed by atoms with E-state index in [-0.39, 0.29) is 6.67 Å². The van der Waals surface area contributed by atoms with Crippen LogP contribution >= 0.6 is 0 Å². The number of likely N-dealkylation sites (tertiary alicyclic amines) is 1. The normalized spacial score (nSPS) is 29.3. The molecule has 0 amide bonds. The zero-order valence-corrected chi connectivity index (χ0v) is 5.94. The monoisotopic (exact) mass is 131 g/mol. The van der Waals surface area contributed by atoms with Crippen molar-refractivity contribution in [3.05, 3.63) is 0 Å². The Hall–Kier alpha value is -0.110. The third kappa shape index (κ3) is 1.94. The van der Waals surface area contributed by atoms with Crippen LogP contribution in [0.5, 0.6) is 0 Å². The van der Waals surface area contributed by atoms with Crippen LogP contribution in [0, 0.1) is 5.92 Å². The van der Waals surface area contributed by atoms with Gasteiger partial charge in [0.25, 0.3) is 0 Å². The Labute approximate surface area is 55.8 Å². The number of hydrogen-bond donors (Lipinski definition) is 0. The summed E-state index contributed by atoms with van der Waals surface area (Å²) >= 11 is 0. The molecular formula is C7H14FN. The van der Waals surface area contributed by atoms with Crippen molar-refractivity contribution in [1.29, 1.82) is 0 Å². The van der Waals surface area contributed by atoms with Crippen LogP contribution in [0.15, 0.2) is 0 Å². The smallest absolute Gasteiger partial charge is 0.102 e. The first kappa shape index (κ1) is 7.00. The molecule has 0 aromatic rings. The fourth-order valence-corrected chi connectivity index (χ4v) is 1.35. The van der Waals surface area contributed by atoms with Crippen molar-refractivity contribution in [2.24, 2.45) is 5.92 Å². The van der Waals surface area contributed by atoms with Crippen LogP contribution in [-0.4, -0.2) is 31.2 Å². The first-order valence-electron chi connectivity index (χ1n) is 3.61. The van der Waals surface area contributed by atoms with Gasteiger partial charge in [-0.25, -0.2) is 4.39 Å². The zero-order valence-electron chi connectivity index (χ0n) is 5.94. The molecule has 2 heteroatoms. The first-order valence-corrected chi connectivity index (χ1v) is 3.61. The predicted molar refractivity (Wildman–Crippen MR) is 36.2 cm³/mol. The topological polar surface area (TPSA) is 3.24 Å². The van der Waals surface area contributed by atoms with E-state index >= 15 is 0 Å². The van der Waals surface area contributed by atoms with Crippen LogP contribution in [0.4, 0.5) is 4.39 Å². The van der Waals surface area contributed by atoms with E-state index in [1.54, 1.807) is 0 Å². The molecular weight excluding hydrogens is 117 g/mol. The summed E-state index contributed by atoms with van der Waals surface area (Å²) in [4.78, 5) is 2.19. The molecule has 1 aliphatic rings. The minimum Gasteiger partial charge on any atom is -0.300 e. The highest BCUT2D eigenvalue weighted by Gasteiger charge is 2.17. The van der Waals surface area contributed by atoms with Crippen molar-refractivity contribution in [3.63, 3.8) is 0 Å². The molecule has 0 radical (unpaired) electrons. The highest BCUT2D eigenvalue weighted by Crippen LogP contribution is 2.13. The second-order valence-corrected chi connectivity index (χ2v) is 2.88. The second-order valence-electron chi connectivity index (χ2n) is 2.88. The van der Waals surface area contributed by atoms with Crippen molar-refractivity contribution in [3.8, 4) is 0 Å². The Balaban J connectivity index is 2.14. The molecule has 0 bridgehead atoms. The van der Waals surface area contributed by atoms with Gasteiger partial charge in [-0.3, -0.25) is 0 Å². The highest BCUT2D eigenvalue weighted by atomic mass is 19.1. The molecule has 0 unspecified atom stereocenters. The van der Waals surface area contributed by atoms with Gasteiger partial charge in [0.15, 0.2) is 0 Å². The Morgan fingerprint density at radius 2 is 2.44 bits per heavy atom. The second kappa shape index (κ2) is 3.16. The molecule has 0 aromatic carbocycles. The van der Waals surface area contributed by atoms with E-state index in [1.165, 1.54) is 6.42 Å². The molecule has 0 N–H and O–H groups in total. The number of hydrogen-bond acceptors (Lipinski definition) is 1. The standard InChI is InChI=1S/C7H14FN/c1-7-2-4-9(6-7)5-3-8/h7H,2-6H2,1H3/t7-/m0/s1. The van der Waals surface area contributed by atoms with E-state index in [9.17, 15) is 4.39 Å². The predicted octanol–water partition coefficient (Wildman–Crippen LogP) is 1.30. The Morgan fingerprint density at radius 1 is 1.67 bits per heavy atom. The van der Waals surface area contributed by atoms with Crippen LogP contribution in [-0.2, 0) is 0 Å². The summed E-state index contributed by atoms with van der Waals surface area (Å²) in [6.45, 7) is 4.88. The Kier molecular flexibility index (Phi) is 2.46. The minimum atomic E-state index is -0.188. The van der Waals surface area contributed by atoms with Crippen molar-refractivity contribution in [2.75, 3.05) is 26.3 Å². The van der Waals surface area contributed by atoms with Crippen LogP contribution in [0.3, 0.4) is 0 Å². The average Bonchev–Trinajstić information content (AvgIpc) is 2.17. The van der Waals surface area contributed by atoms with Crippen molar-refractivity contribution in [1.82, 2.24) is 4.90 Å². The average molecular weight is 131 g/mol. The van der Waals surface area contributed by atoms with Crippen molar-refractivity contribution < 1.29 is 4.39 Å². The summed E-state index contributed by atoms with van der Waals surface area (Å²) in [6.07, 6.45) is 1.25. The number of halogens is 1. The quantitative estimate of drug-likeness (QED) is 0.546. The summed E-state index contributed by atoms with van der Waals surface area (Å²) < 4.78 is 11.7. The molecule has 54 valence electrons. The van der Waals surface area contributed by atoms with Gasteiger partial charge in [-0.2, -0.15) is 0 Å². The van der Waals surface area contributed by atoms with Crippen LogP contribution < -0.4 is 0 Å². The highest BCUT2D eigenvalue weighted by molar-refractivity contribution is 4.71. The number of rotatable bonds is 2. The molecule has 0 saturated carbocycles. The SMILES string of the molecule is C[C@H]1CCN(CCF)C1. The van der Waals surface area contributed by atoms with E-state index in [0.717, 1.165) is 19.0 Å². The summed E-state index contributed by atoms with van der Waals surface area (Å²) in [5.74, 6) is 0.788. The van der Waals surface area contributed by atoms with Crippen LogP contribution in [0.1, 0.15) is 13.3 Å². The fourth-order valence-electron chi connectivity index (χ4n) is 1.35. The van der Waals surface area contributed by atoms with Crippen molar-refractivity contribution in [2.45, 2.75) is 13.3 Å². The molecule has 1 atom stereocenters. The van der Waals surface area contributed by atoms with Gasteiger partial charge < -0.3 is 4.90 Å². The van der Waals surface area contributed by atoms with E-state index in [4.69, 9.17) is 0 Å². The lowest BCUT2D eigenvalue weighted by Gasteiger charge is -2.11. The molecule has 1 heterocycles. The number of alkyl halides is 1. The molecule has 0 aliphatic carbocycles. The molecule has 1 nitrogen and oxygen atoms in total. The molecule has 1 aliphatic heterocycles. The van der Waals surface area contributed by atoms with Gasteiger partial charge in [0.05, 0.1) is 0 Å². The Bertz CT molecular complexity index is 83.0. The molecule has 1 fully saturated rings.